The molecule has 2 aromatic rings. The minimum absolute atomic E-state index is 0.259. The summed E-state index contributed by atoms with van der Waals surface area (Å²) in [5, 5.41) is 1.08. The van der Waals surface area contributed by atoms with Crippen LogP contribution in [0, 0.1) is 13.8 Å². The van der Waals surface area contributed by atoms with Gasteiger partial charge in [-0.15, -0.1) is 11.3 Å². The maximum Gasteiger partial charge on any atom is 0.223 e. The largest absolute Gasteiger partial charge is 0.340 e. The van der Waals surface area contributed by atoms with E-state index in [2.05, 4.69) is 53.2 Å². The van der Waals surface area contributed by atoms with E-state index in [1.807, 2.05) is 17.9 Å². The molecule has 0 bridgehead atoms. The van der Waals surface area contributed by atoms with Crippen LogP contribution in [0.15, 0.2) is 36.4 Å². The number of aryl methyl sites for hydroxylation is 3. The van der Waals surface area contributed by atoms with Gasteiger partial charge in [0.05, 0.1) is 10.7 Å². The molecule has 2 heterocycles. The molecule has 1 aromatic heterocycles. The molecule has 1 aromatic carbocycles. The molecule has 0 spiro atoms. The van der Waals surface area contributed by atoms with E-state index in [1.54, 1.807) is 11.3 Å². The molecule has 4 nitrogen and oxygen atoms in total. The van der Waals surface area contributed by atoms with Gasteiger partial charge in [-0.3, -0.25) is 9.69 Å². The summed E-state index contributed by atoms with van der Waals surface area (Å²) in [6.45, 7) is 8.60. The summed E-state index contributed by atoms with van der Waals surface area (Å²) in [7, 11) is 0. The molecule has 0 aliphatic carbocycles. The fourth-order valence-corrected chi connectivity index (χ4v) is 4.03. The van der Waals surface area contributed by atoms with Gasteiger partial charge in [0.25, 0.3) is 0 Å². The smallest absolute Gasteiger partial charge is 0.223 e. The third-order valence-corrected chi connectivity index (χ3v) is 5.96. The third-order valence-electron chi connectivity index (χ3n) is 4.82. The number of hydrogen-bond acceptors (Lipinski definition) is 4. The number of piperazine rings is 1. The Bertz CT molecular complexity index is 726. The molecule has 1 saturated heterocycles. The van der Waals surface area contributed by atoms with Crippen LogP contribution < -0.4 is 0 Å². The normalized spacial score (nSPS) is 15.7. The molecule has 1 aliphatic heterocycles. The van der Waals surface area contributed by atoms with Crippen LogP contribution in [0.2, 0.25) is 0 Å². The number of carbonyl (C=O) groups excluding carboxylic acids is 1. The summed E-state index contributed by atoms with van der Waals surface area (Å²) in [6.07, 6.45) is 5.70. The SMILES string of the molecule is Cc1nc(CCC(=O)N2CCN(C/C=C/c3ccccc3)CC2)sc1C. The van der Waals surface area contributed by atoms with Gasteiger partial charge < -0.3 is 4.90 Å². The van der Waals surface area contributed by atoms with Crippen LogP contribution >= 0.6 is 11.3 Å². The number of hydrogen-bond donors (Lipinski definition) is 0. The molecule has 5 heteroatoms. The van der Waals surface area contributed by atoms with Crippen LogP contribution in [-0.2, 0) is 11.2 Å². The van der Waals surface area contributed by atoms with Crippen molar-refractivity contribution in [3.05, 3.63) is 57.6 Å². The molecule has 0 saturated carbocycles. The van der Waals surface area contributed by atoms with Gasteiger partial charge in [0.1, 0.15) is 0 Å². The monoisotopic (exact) mass is 369 g/mol. The van der Waals surface area contributed by atoms with E-state index in [1.165, 1.54) is 10.4 Å². The number of rotatable bonds is 6. The quantitative estimate of drug-likeness (QED) is 0.781. The minimum atomic E-state index is 0.259. The number of carbonyl (C=O) groups is 1. The van der Waals surface area contributed by atoms with E-state index in [9.17, 15) is 4.79 Å². The highest BCUT2D eigenvalue weighted by atomic mass is 32.1. The number of thiazole rings is 1. The number of nitrogens with zero attached hydrogens (tertiary/aromatic N) is 3. The van der Waals surface area contributed by atoms with E-state index >= 15 is 0 Å². The predicted octanol–water partition coefficient (Wildman–Crippen LogP) is 3.55. The average molecular weight is 370 g/mol. The Morgan fingerprint density at radius 1 is 1.15 bits per heavy atom. The third kappa shape index (κ3) is 5.26. The first kappa shape index (κ1) is 18.8. The van der Waals surface area contributed by atoms with Gasteiger partial charge in [0.2, 0.25) is 5.91 Å². The van der Waals surface area contributed by atoms with Crippen molar-refractivity contribution in [2.75, 3.05) is 32.7 Å². The van der Waals surface area contributed by atoms with Crippen molar-refractivity contribution < 1.29 is 4.79 Å². The van der Waals surface area contributed by atoms with Crippen LogP contribution in [0.3, 0.4) is 0 Å². The Labute approximate surface area is 160 Å². The van der Waals surface area contributed by atoms with Crippen molar-refractivity contribution in [3.63, 3.8) is 0 Å². The summed E-state index contributed by atoms with van der Waals surface area (Å²) >= 11 is 1.71. The Balaban J connectivity index is 1.38. The summed E-state index contributed by atoms with van der Waals surface area (Å²) < 4.78 is 0. The van der Waals surface area contributed by atoms with Crippen molar-refractivity contribution in [3.8, 4) is 0 Å². The summed E-state index contributed by atoms with van der Waals surface area (Å²) in [6, 6.07) is 10.4. The van der Waals surface area contributed by atoms with Crippen LogP contribution in [-0.4, -0.2) is 53.4 Å². The van der Waals surface area contributed by atoms with E-state index in [0.29, 0.717) is 6.42 Å². The molecule has 1 aliphatic rings. The van der Waals surface area contributed by atoms with E-state index < -0.39 is 0 Å². The molecule has 3 rings (SSSR count). The zero-order valence-electron chi connectivity index (χ0n) is 15.6. The lowest BCUT2D eigenvalue weighted by Gasteiger charge is -2.34. The Morgan fingerprint density at radius 3 is 2.54 bits per heavy atom. The first-order valence-corrected chi connectivity index (χ1v) is 10.1. The van der Waals surface area contributed by atoms with E-state index in [0.717, 1.165) is 49.8 Å². The molecule has 0 radical (unpaired) electrons. The second-order valence-electron chi connectivity index (χ2n) is 6.74. The molecular formula is C21H27N3OS. The molecule has 0 N–H and O–H groups in total. The molecule has 26 heavy (non-hydrogen) atoms. The van der Waals surface area contributed by atoms with Gasteiger partial charge >= 0.3 is 0 Å². The van der Waals surface area contributed by atoms with Crippen molar-refractivity contribution in [1.82, 2.24) is 14.8 Å². The highest BCUT2D eigenvalue weighted by molar-refractivity contribution is 7.11. The molecule has 138 valence electrons. The van der Waals surface area contributed by atoms with Gasteiger partial charge in [0, 0.05) is 50.4 Å². The van der Waals surface area contributed by atoms with E-state index in [-0.39, 0.29) is 5.91 Å². The Kier molecular flexibility index (Phi) is 6.58. The average Bonchev–Trinajstić information content (AvgIpc) is 2.99. The first-order valence-electron chi connectivity index (χ1n) is 9.26. The van der Waals surface area contributed by atoms with Gasteiger partial charge in [-0.1, -0.05) is 42.5 Å². The number of benzene rings is 1. The molecule has 0 atom stereocenters. The standard InChI is InChI=1S/C21H27N3OS/c1-17-18(2)26-20(22-17)10-11-21(25)24-15-13-23(14-16-24)12-6-9-19-7-4-3-5-8-19/h3-9H,10-16H2,1-2H3/b9-6+. The first-order chi connectivity index (χ1) is 12.6. The van der Waals surface area contributed by atoms with Gasteiger partial charge in [-0.05, 0) is 19.4 Å². The predicted molar refractivity (Wildman–Crippen MR) is 108 cm³/mol. The zero-order valence-corrected chi connectivity index (χ0v) is 16.5. The highest BCUT2D eigenvalue weighted by Gasteiger charge is 2.20. The van der Waals surface area contributed by atoms with E-state index in [4.69, 9.17) is 0 Å². The number of aromatic nitrogens is 1. The van der Waals surface area contributed by atoms with Gasteiger partial charge in [-0.2, -0.15) is 0 Å². The molecule has 1 fully saturated rings. The number of amides is 1. The summed E-state index contributed by atoms with van der Waals surface area (Å²) in [4.78, 5) is 22.6. The molecule has 0 unspecified atom stereocenters. The lowest BCUT2D eigenvalue weighted by atomic mass is 10.2. The van der Waals surface area contributed by atoms with Crippen LogP contribution in [0.5, 0.6) is 0 Å². The fraction of sp³-hybridized carbons (Fsp3) is 0.429. The Hall–Kier alpha value is -1.98. The summed E-state index contributed by atoms with van der Waals surface area (Å²) in [5.74, 6) is 0.259. The lowest BCUT2D eigenvalue weighted by Crippen LogP contribution is -2.48. The topological polar surface area (TPSA) is 36.4 Å². The maximum atomic E-state index is 12.4. The van der Waals surface area contributed by atoms with Crippen LogP contribution in [0.25, 0.3) is 6.08 Å². The van der Waals surface area contributed by atoms with Crippen LogP contribution in [0.4, 0.5) is 0 Å². The maximum absolute atomic E-state index is 12.4. The van der Waals surface area contributed by atoms with Gasteiger partial charge in [0.15, 0.2) is 0 Å². The van der Waals surface area contributed by atoms with Crippen molar-refractivity contribution in [1.29, 1.82) is 0 Å². The van der Waals surface area contributed by atoms with Crippen molar-refractivity contribution in [2.24, 2.45) is 0 Å². The van der Waals surface area contributed by atoms with Gasteiger partial charge in [-0.25, -0.2) is 4.98 Å². The highest BCUT2D eigenvalue weighted by Crippen LogP contribution is 2.18. The minimum Gasteiger partial charge on any atom is -0.340 e. The Morgan fingerprint density at radius 2 is 1.88 bits per heavy atom. The van der Waals surface area contributed by atoms with Crippen LogP contribution in [0.1, 0.15) is 27.6 Å². The van der Waals surface area contributed by atoms with Crippen molar-refractivity contribution >= 4 is 23.3 Å². The fourth-order valence-electron chi connectivity index (χ4n) is 3.10. The second-order valence-corrected chi connectivity index (χ2v) is 8.03. The zero-order chi connectivity index (χ0) is 18.4. The lowest BCUT2D eigenvalue weighted by molar-refractivity contribution is -0.132. The van der Waals surface area contributed by atoms with Crippen molar-refractivity contribution in [2.45, 2.75) is 26.7 Å². The molecular weight excluding hydrogens is 342 g/mol. The molecule has 1 amide bonds. The summed E-state index contributed by atoms with van der Waals surface area (Å²) in [5.41, 5.74) is 2.32. The second kappa shape index (κ2) is 9.10.